The van der Waals surface area contributed by atoms with Crippen LogP contribution < -0.4 is 5.32 Å². The zero-order valence-corrected chi connectivity index (χ0v) is 18.5. The van der Waals surface area contributed by atoms with Crippen molar-refractivity contribution in [3.8, 4) is 0 Å². The van der Waals surface area contributed by atoms with Gasteiger partial charge in [0.25, 0.3) is 0 Å². The van der Waals surface area contributed by atoms with E-state index in [9.17, 15) is 9.59 Å². The minimum absolute atomic E-state index is 0.0327. The molecule has 1 fully saturated rings. The zero-order valence-electron chi connectivity index (χ0n) is 18.5. The lowest BCUT2D eigenvalue weighted by Gasteiger charge is -2.46. The van der Waals surface area contributed by atoms with Crippen LogP contribution in [-0.4, -0.2) is 46.0 Å². The maximum atomic E-state index is 13.5. The molecule has 162 valence electrons. The van der Waals surface area contributed by atoms with Crippen LogP contribution in [0.2, 0.25) is 0 Å². The average Bonchev–Trinajstić information content (AvgIpc) is 3.07. The Kier molecular flexibility index (Phi) is 5.62. The summed E-state index contributed by atoms with van der Waals surface area (Å²) in [4.78, 5) is 32.0. The van der Waals surface area contributed by atoms with Crippen LogP contribution in [0.15, 0.2) is 24.3 Å². The Labute approximate surface area is 178 Å². The standard InChI is InChI=1S/C24H33N3O3/c1-5-6-7-12-19-21-16(15-10-8-9-11-17(15)25-21)13-20-22(28)26-18(23(29)27(19)20)14-30-24(2,3)4/h8-11,18-20,25H,5-7,12-14H2,1-4H3,(H,26,28)/t18?,19?,20-/m0/s1. The first-order chi connectivity index (χ1) is 14.3. The second kappa shape index (κ2) is 8.06. The topological polar surface area (TPSA) is 74.4 Å². The number of H-pyrrole nitrogens is 1. The Morgan fingerprint density at radius 2 is 1.93 bits per heavy atom. The molecule has 2 aliphatic rings. The number of unbranched alkanes of at least 4 members (excludes halogenated alkanes) is 2. The number of benzene rings is 1. The molecular formula is C24H33N3O3. The first-order valence-corrected chi connectivity index (χ1v) is 11.2. The fourth-order valence-corrected chi connectivity index (χ4v) is 4.73. The summed E-state index contributed by atoms with van der Waals surface area (Å²) in [7, 11) is 0. The monoisotopic (exact) mass is 411 g/mol. The molecule has 3 heterocycles. The van der Waals surface area contributed by atoms with E-state index in [0.717, 1.165) is 42.3 Å². The number of piperazine rings is 1. The Morgan fingerprint density at radius 3 is 2.67 bits per heavy atom. The molecule has 6 heteroatoms. The van der Waals surface area contributed by atoms with Gasteiger partial charge < -0.3 is 19.9 Å². The van der Waals surface area contributed by atoms with Gasteiger partial charge in [-0.25, -0.2) is 0 Å². The molecule has 2 unspecified atom stereocenters. The van der Waals surface area contributed by atoms with Gasteiger partial charge in [0.15, 0.2) is 0 Å². The van der Waals surface area contributed by atoms with Crippen LogP contribution in [0, 0.1) is 0 Å². The third-order valence-electron chi connectivity index (χ3n) is 6.18. The van der Waals surface area contributed by atoms with Gasteiger partial charge in [-0.3, -0.25) is 9.59 Å². The van der Waals surface area contributed by atoms with Gasteiger partial charge in [-0.1, -0.05) is 44.4 Å². The van der Waals surface area contributed by atoms with E-state index < -0.39 is 12.1 Å². The molecule has 0 spiro atoms. The van der Waals surface area contributed by atoms with Crippen molar-refractivity contribution >= 4 is 22.7 Å². The molecule has 6 nitrogen and oxygen atoms in total. The van der Waals surface area contributed by atoms with Crippen LogP contribution in [0.25, 0.3) is 10.9 Å². The summed E-state index contributed by atoms with van der Waals surface area (Å²) in [5.41, 5.74) is 2.99. The Balaban J connectivity index is 1.70. The predicted octanol–water partition coefficient (Wildman–Crippen LogP) is 3.86. The van der Waals surface area contributed by atoms with Crippen LogP contribution in [0.5, 0.6) is 0 Å². The molecule has 3 atom stereocenters. The van der Waals surface area contributed by atoms with Gasteiger partial charge in [-0.05, 0) is 38.8 Å². The van der Waals surface area contributed by atoms with Crippen LogP contribution in [0.3, 0.4) is 0 Å². The predicted molar refractivity (Wildman–Crippen MR) is 117 cm³/mol. The van der Waals surface area contributed by atoms with Crippen molar-refractivity contribution in [2.75, 3.05) is 6.61 Å². The molecule has 2 N–H and O–H groups in total. The number of aromatic nitrogens is 1. The number of carbonyl (C=O) groups excluding carboxylic acids is 2. The van der Waals surface area contributed by atoms with Crippen molar-refractivity contribution in [1.82, 2.24) is 15.2 Å². The van der Waals surface area contributed by atoms with E-state index >= 15 is 0 Å². The molecule has 1 saturated heterocycles. The van der Waals surface area contributed by atoms with Gasteiger partial charge in [0, 0.05) is 23.0 Å². The van der Waals surface area contributed by atoms with Gasteiger partial charge >= 0.3 is 0 Å². The lowest BCUT2D eigenvalue weighted by molar-refractivity contribution is -0.157. The summed E-state index contributed by atoms with van der Waals surface area (Å²) in [5, 5.41) is 4.09. The molecular weight excluding hydrogens is 378 g/mol. The molecule has 2 aromatic rings. The molecule has 0 saturated carbocycles. The van der Waals surface area contributed by atoms with Crippen molar-refractivity contribution in [3.63, 3.8) is 0 Å². The molecule has 0 radical (unpaired) electrons. The zero-order chi connectivity index (χ0) is 21.5. The van der Waals surface area contributed by atoms with E-state index in [1.807, 2.05) is 37.8 Å². The first-order valence-electron chi connectivity index (χ1n) is 11.2. The lowest BCUT2D eigenvalue weighted by Crippen LogP contribution is -2.67. The number of fused-ring (bicyclic) bond motifs is 4. The molecule has 2 amide bonds. The van der Waals surface area contributed by atoms with Crippen LogP contribution in [0.1, 0.15) is 70.7 Å². The highest BCUT2D eigenvalue weighted by atomic mass is 16.5. The van der Waals surface area contributed by atoms with E-state index in [4.69, 9.17) is 4.74 Å². The Morgan fingerprint density at radius 1 is 1.17 bits per heavy atom. The fourth-order valence-electron chi connectivity index (χ4n) is 4.73. The molecule has 0 aliphatic carbocycles. The summed E-state index contributed by atoms with van der Waals surface area (Å²) < 4.78 is 5.85. The number of amides is 2. The summed E-state index contributed by atoms with van der Waals surface area (Å²) in [5.74, 6) is -0.108. The number of aromatic amines is 1. The number of nitrogens with one attached hydrogen (secondary N) is 2. The van der Waals surface area contributed by atoms with E-state index in [1.54, 1.807) is 0 Å². The van der Waals surface area contributed by atoms with Crippen LogP contribution >= 0.6 is 0 Å². The minimum atomic E-state index is -0.632. The van der Waals surface area contributed by atoms with Crippen molar-refractivity contribution in [3.05, 3.63) is 35.5 Å². The van der Waals surface area contributed by atoms with Crippen molar-refractivity contribution in [1.29, 1.82) is 0 Å². The average molecular weight is 412 g/mol. The minimum Gasteiger partial charge on any atom is -0.373 e. The summed E-state index contributed by atoms with van der Waals surface area (Å²) in [6.45, 7) is 8.23. The highest BCUT2D eigenvalue weighted by Gasteiger charge is 2.48. The summed E-state index contributed by atoms with van der Waals surface area (Å²) in [6, 6.07) is 7.02. The molecule has 4 rings (SSSR count). The third-order valence-corrected chi connectivity index (χ3v) is 6.18. The Bertz CT molecular complexity index is 943. The summed E-state index contributed by atoms with van der Waals surface area (Å²) in [6.07, 6.45) is 4.66. The lowest BCUT2D eigenvalue weighted by atomic mass is 9.86. The quantitative estimate of drug-likeness (QED) is 0.709. The van der Waals surface area contributed by atoms with Crippen LogP contribution in [-0.2, 0) is 20.7 Å². The summed E-state index contributed by atoms with van der Waals surface area (Å²) >= 11 is 0. The van der Waals surface area contributed by atoms with Crippen molar-refractivity contribution in [2.45, 2.75) is 83.5 Å². The number of hydrogen-bond donors (Lipinski definition) is 2. The molecule has 30 heavy (non-hydrogen) atoms. The van der Waals surface area contributed by atoms with E-state index in [1.165, 1.54) is 5.56 Å². The first kappa shape index (κ1) is 20.9. The number of para-hydroxylation sites is 1. The highest BCUT2D eigenvalue weighted by molar-refractivity contribution is 5.99. The van der Waals surface area contributed by atoms with E-state index in [-0.39, 0.29) is 30.1 Å². The molecule has 0 bridgehead atoms. The maximum Gasteiger partial charge on any atom is 0.248 e. The number of carbonyl (C=O) groups is 2. The van der Waals surface area contributed by atoms with Gasteiger partial charge in [-0.2, -0.15) is 0 Å². The van der Waals surface area contributed by atoms with Gasteiger partial charge in [0.05, 0.1) is 18.2 Å². The van der Waals surface area contributed by atoms with Gasteiger partial charge in [0.2, 0.25) is 11.8 Å². The highest BCUT2D eigenvalue weighted by Crippen LogP contribution is 2.41. The van der Waals surface area contributed by atoms with Gasteiger partial charge in [0.1, 0.15) is 12.1 Å². The normalized spacial score (nSPS) is 24.0. The van der Waals surface area contributed by atoms with Crippen molar-refractivity contribution in [2.24, 2.45) is 0 Å². The molecule has 1 aromatic carbocycles. The number of hydrogen-bond acceptors (Lipinski definition) is 3. The number of nitrogens with zero attached hydrogens (tertiary/aromatic N) is 1. The van der Waals surface area contributed by atoms with E-state index in [0.29, 0.717) is 6.42 Å². The number of ether oxygens (including phenoxy) is 1. The van der Waals surface area contributed by atoms with Crippen LogP contribution in [0.4, 0.5) is 0 Å². The molecule has 2 aliphatic heterocycles. The second-order valence-electron chi connectivity index (χ2n) is 9.52. The Hall–Kier alpha value is -2.34. The second-order valence-corrected chi connectivity index (χ2v) is 9.52. The molecule has 1 aromatic heterocycles. The third kappa shape index (κ3) is 3.85. The fraction of sp³-hybridized carbons (Fsp3) is 0.583. The number of rotatable bonds is 6. The SMILES string of the molecule is CCCCCC1c2[nH]c3ccccc3c2C[C@H]2C(=O)NC(COC(C)(C)C)C(=O)N12. The van der Waals surface area contributed by atoms with Gasteiger partial charge in [-0.15, -0.1) is 0 Å². The van der Waals surface area contributed by atoms with E-state index in [2.05, 4.69) is 29.4 Å². The van der Waals surface area contributed by atoms with Crippen molar-refractivity contribution < 1.29 is 14.3 Å². The largest absolute Gasteiger partial charge is 0.373 e. The maximum absolute atomic E-state index is 13.5. The smallest absolute Gasteiger partial charge is 0.248 e.